The van der Waals surface area contributed by atoms with Gasteiger partial charge >= 0.3 is 0 Å². The van der Waals surface area contributed by atoms with E-state index in [0.29, 0.717) is 24.7 Å². The molecular weight excluding hydrogens is 391 g/mol. The Bertz CT molecular complexity index is 704. The molecule has 1 fully saturated rings. The van der Waals surface area contributed by atoms with Crippen LogP contribution < -0.4 is 16.0 Å². The maximum atomic E-state index is 12.5. The molecule has 144 valence electrons. The molecule has 2 aromatic rings. The number of amides is 1. The first-order valence-electron chi connectivity index (χ1n) is 8.46. The number of hydrogen-bond acceptors (Lipinski definition) is 5. The molecular formula is C18H26Cl2N4OS. The lowest BCUT2D eigenvalue weighted by Crippen LogP contribution is -2.29. The van der Waals surface area contributed by atoms with Gasteiger partial charge in [0.15, 0.2) is 0 Å². The highest BCUT2D eigenvalue weighted by molar-refractivity contribution is 7.09. The van der Waals surface area contributed by atoms with Crippen molar-refractivity contribution in [2.45, 2.75) is 38.1 Å². The maximum Gasteiger partial charge on any atom is 0.275 e. The van der Waals surface area contributed by atoms with E-state index in [4.69, 9.17) is 5.73 Å². The van der Waals surface area contributed by atoms with Crippen molar-refractivity contribution in [1.82, 2.24) is 4.98 Å². The van der Waals surface area contributed by atoms with Crippen LogP contribution in [0.2, 0.25) is 0 Å². The van der Waals surface area contributed by atoms with Crippen LogP contribution in [0, 0.1) is 0 Å². The van der Waals surface area contributed by atoms with Gasteiger partial charge in [-0.2, -0.15) is 0 Å². The predicted octanol–water partition coefficient (Wildman–Crippen LogP) is 4.12. The second-order valence-corrected chi connectivity index (χ2v) is 7.13. The first-order valence-corrected chi connectivity index (χ1v) is 9.34. The van der Waals surface area contributed by atoms with Crippen LogP contribution >= 0.6 is 36.2 Å². The number of nitrogens with one attached hydrogen (secondary N) is 1. The van der Waals surface area contributed by atoms with Gasteiger partial charge in [-0.05, 0) is 31.5 Å². The summed E-state index contributed by atoms with van der Waals surface area (Å²) < 4.78 is 0. The summed E-state index contributed by atoms with van der Waals surface area (Å²) >= 11 is 1.48. The van der Waals surface area contributed by atoms with Crippen LogP contribution in [0.15, 0.2) is 29.6 Å². The number of halogens is 2. The van der Waals surface area contributed by atoms with Crippen LogP contribution in [0.3, 0.4) is 0 Å². The van der Waals surface area contributed by atoms with Crippen LogP contribution in [-0.2, 0) is 6.42 Å². The first-order chi connectivity index (χ1) is 11.7. The summed E-state index contributed by atoms with van der Waals surface area (Å²) in [6, 6.07) is 8.53. The van der Waals surface area contributed by atoms with Crippen LogP contribution in [-0.4, -0.2) is 30.5 Å². The van der Waals surface area contributed by atoms with E-state index in [0.717, 1.165) is 16.4 Å². The molecule has 0 saturated heterocycles. The third-order valence-electron chi connectivity index (χ3n) is 4.55. The third-order valence-corrected chi connectivity index (χ3v) is 5.46. The Hall–Kier alpha value is -1.34. The van der Waals surface area contributed by atoms with Crippen molar-refractivity contribution < 1.29 is 4.79 Å². The van der Waals surface area contributed by atoms with Crippen molar-refractivity contribution in [3.8, 4) is 0 Å². The summed E-state index contributed by atoms with van der Waals surface area (Å²) in [5.74, 6) is -0.165. The summed E-state index contributed by atoms with van der Waals surface area (Å²) in [6.45, 7) is 0.545. The van der Waals surface area contributed by atoms with E-state index in [9.17, 15) is 4.79 Å². The van der Waals surface area contributed by atoms with Crippen molar-refractivity contribution in [2.24, 2.45) is 5.73 Å². The molecule has 8 heteroatoms. The molecule has 1 heterocycles. The Morgan fingerprint density at radius 1 is 1.31 bits per heavy atom. The predicted molar refractivity (Wildman–Crippen MR) is 114 cm³/mol. The highest BCUT2D eigenvalue weighted by atomic mass is 35.5. The molecule has 0 bridgehead atoms. The number of nitrogens with zero attached hydrogens (tertiary/aromatic N) is 2. The molecule has 0 spiro atoms. The van der Waals surface area contributed by atoms with Gasteiger partial charge in [0, 0.05) is 24.9 Å². The standard InChI is InChI=1S/C18H24N4OS.2ClH/c1-22(13-6-2-3-7-13)16-9-5-4-8-14(16)21-18(23)15-12-24-17(20-15)10-11-19;;/h4-5,8-9,12-13H,2-3,6-7,10-11,19H2,1H3,(H,21,23);2*1H. The fourth-order valence-electron chi connectivity index (χ4n) is 3.21. The molecule has 0 atom stereocenters. The van der Waals surface area contributed by atoms with Crippen molar-refractivity contribution >= 4 is 53.4 Å². The minimum absolute atomic E-state index is 0. The molecule has 0 unspecified atom stereocenters. The van der Waals surface area contributed by atoms with Crippen molar-refractivity contribution in [3.05, 3.63) is 40.3 Å². The van der Waals surface area contributed by atoms with Gasteiger partial charge in [0.05, 0.1) is 16.4 Å². The van der Waals surface area contributed by atoms with Crippen LogP contribution in [0.1, 0.15) is 41.2 Å². The average molecular weight is 417 g/mol. The lowest BCUT2D eigenvalue weighted by molar-refractivity contribution is 0.102. The first kappa shape index (κ1) is 22.7. The molecule has 3 N–H and O–H groups in total. The second-order valence-electron chi connectivity index (χ2n) is 6.19. The van der Waals surface area contributed by atoms with Crippen molar-refractivity contribution in [2.75, 3.05) is 23.8 Å². The van der Waals surface area contributed by atoms with Gasteiger partial charge in [-0.1, -0.05) is 25.0 Å². The summed E-state index contributed by atoms with van der Waals surface area (Å²) in [5, 5.41) is 5.72. The average Bonchev–Trinajstić information content (AvgIpc) is 3.27. The summed E-state index contributed by atoms with van der Waals surface area (Å²) in [7, 11) is 2.11. The molecule has 1 aliphatic carbocycles. The van der Waals surface area contributed by atoms with Gasteiger partial charge in [-0.15, -0.1) is 36.2 Å². The van der Waals surface area contributed by atoms with E-state index in [1.807, 2.05) is 18.2 Å². The summed E-state index contributed by atoms with van der Waals surface area (Å²) in [4.78, 5) is 19.2. The zero-order valence-corrected chi connectivity index (χ0v) is 17.3. The van der Waals surface area contributed by atoms with Gasteiger partial charge in [0.1, 0.15) is 5.69 Å². The van der Waals surface area contributed by atoms with Gasteiger partial charge in [0.2, 0.25) is 0 Å². The zero-order valence-electron chi connectivity index (χ0n) is 14.8. The largest absolute Gasteiger partial charge is 0.370 e. The maximum absolute atomic E-state index is 12.5. The summed E-state index contributed by atoms with van der Waals surface area (Å²) in [5.41, 5.74) is 7.91. The van der Waals surface area contributed by atoms with E-state index in [-0.39, 0.29) is 30.7 Å². The number of aromatic nitrogens is 1. The Balaban J connectivity index is 0.00000169. The van der Waals surface area contributed by atoms with Crippen LogP contribution in [0.25, 0.3) is 0 Å². The normalized spacial score (nSPS) is 13.6. The van der Waals surface area contributed by atoms with Gasteiger partial charge in [-0.3, -0.25) is 4.79 Å². The van der Waals surface area contributed by atoms with Gasteiger partial charge in [0.25, 0.3) is 5.91 Å². The van der Waals surface area contributed by atoms with Crippen molar-refractivity contribution in [3.63, 3.8) is 0 Å². The van der Waals surface area contributed by atoms with E-state index >= 15 is 0 Å². The van der Waals surface area contributed by atoms with Gasteiger partial charge < -0.3 is 16.0 Å². The second kappa shape index (κ2) is 10.7. The number of benzene rings is 1. The van der Waals surface area contributed by atoms with Crippen molar-refractivity contribution in [1.29, 1.82) is 0 Å². The molecule has 1 aliphatic rings. The number of para-hydroxylation sites is 2. The fraction of sp³-hybridized carbons (Fsp3) is 0.444. The van der Waals surface area contributed by atoms with Crippen LogP contribution in [0.4, 0.5) is 11.4 Å². The monoisotopic (exact) mass is 416 g/mol. The highest BCUT2D eigenvalue weighted by Crippen LogP contribution is 2.32. The van der Waals surface area contributed by atoms with E-state index in [2.05, 4.69) is 28.3 Å². The number of thiazole rings is 1. The summed E-state index contributed by atoms with van der Waals surface area (Å²) in [6.07, 6.45) is 5.71. The molecule has 3 rings (SSSR count). The smallest absolute Gasteiger partial charge is 0.275 e. The number of nitrogens with two attached hydrogens (primary N) is 1. The minimum Gasteiger partial charge on any atom is -0.370 e. The number of carbonyl (C=O) groups is 1. The van der Waals surface area contributed by atoms with E-state index in [1.165, 1.54) is 37.0 Å². The Morgan fingerprint density at radius 2 is 2.00 bits per heavy atom. The molecule has 1 saturated carbocycles. The lowest BCUT2D eigenvalue weighted by Gasteiger charge is -2.28. The fourth-order valence-corrected chi connectivity index (χ4v) is 4.01. The van der Waals surface area contributed by atoms with Gasteiger partial charge in [-0.25, -0.2) is 4.98 Å². The molecule has 1 amide bonds. The Morgan fingerprint density at radius 3 is 2.69 bits per heavy atom. The highest BCUT2D eigenvalue weighted by Gasteiger charge is 2.22. The molecule has 0 radical (unpaired) electrons. The van der Waals surface area contributed by atoms with E-state index in [1.54, 1.807) is 5.38 Å². The Labute approximate surface area is 171 Å². The molecule has 5 nitrogen and oxygen atoms in total. The topological polar surface area (TPSA) is 71.2 Å². The minimum atomic E-state index is -0.165. The Kier molecular flexibility index (Phi) is 9.36. The van der Waals surface area contributed by atoms with Crippen LogP contribution in [0.5, 0.6) is 0 Å². The number of rotatable bonds is 6. The SMILES string of the molecule is CN(c1ccccc1NC(=O)c1csc(CCN)n1)C1CCCC1.Cl.Cl. The molecule has 1 aromatic carbocycles. The molecule has 1 aromatic heterocycles. The number of anilines is 2. The number of hydrogen-bond donors (Lipinski definition) is 2. The lowest BCUT2D eigenvalue weighted by atomic mass is 10.1. The number of carbonyl (C=O) groups excluding carboxylic acids is 1. The molecule has 26 heavy (non-hydrogen) atoms. The quantitative estimate of drug-likeness (QED) is 0.742. The molecule has 0 aliphatic heterocycles. The zero-order chi connectivity index (χ0) is 16.9. The third kappa shape index (κ3) is 5.33. The van der Waals surface area contributed by atoms with E-state index < -0.39 is 0 Å².